The van der Waals surface area contributed by atoms with Gasteiger partial charge in [-0.3, -0.25) is 5.10 Å². The van der Waals surface area contributed by atoms with Crippen LogP contribution in [0.5, 0.6) is 5.88 Å². The summed E-state index contributed by atoms with van der Waals surface area (Å²) >= 11 is 0. The molecule has 4 heterocycles. The highest BCUT2D eigenvalue weighted by Gasteiger charge is 2.23. The van der Waals surface area contributed by atoms with E-state index in [9.17, 15) is 4.39 Å². The molecule has 130 valence electrons. The Kier molecular flexibility index (Phi) is 3.99. The highest BCUT2D eigenvalue weighted by Crippen LogP contribution is 2.30. The van der Waals surface area contributed by atoms with E-state index in [-0.39, 0.29) is 6.10 Å². The molecule has 1 fully saturated rings. The van der Waals surface area contributed by atoms with E-state index in [1.54, 1.807) is 12.4 Å². The zero-order valence-electron chi connectivity index (χ0n) is 14.2. The average Bonchev–Trinajstić information content (AvgIpc) is 3.20. The van der Waals surface area contributed by atoms with E-state index in [1.165, 1.54) is 0 Å². The first-order chi connectivity index (χ1) is 12.1. The number of aromatic amines is 1. The zero-order chi connectivity index (χ0) is 17.4. The summed E-state index contributed by atoms with van der Waals surface area (Å²) < 4.78 is 19.2. The molecule has 0 spiro atoms. The van der Waals surface area contributed by atoms with Crippen LogP contribution in [0.1, 0.15) is 20.3 Å². The largest absolute Gasteiger partial charge is 0.475 e. The summed E-state index contributed by atoms with van der Waals surface area (Å²) in [4.78, 5) is 10.6. The minimum atomic E-state index is -0.779. The molecule has 3 aromatic heterocycles. The highest BCUT2D eigenvalue weighted by molar-refractivity contribution is 5.93. The third kappa shape index (κ3) is 3.14. The Balaban J connectivity index is 1.71. The van der Waals surface area contributed by atoms with Gasteiger partial charge in [0.05, 0.1) is 24.4 Å². The predicted octanol–water partition coefficient (Wildman–Crippen LogP) is 3.36. The van der Waals surface area contributed by atoms with Crippen molar-refractivity contribution in [1.82, 2.24) is 20.2 Å². The average molecular weight is 341 g/mol. The minimum absolute atomic E-state index is 0.0524. The number of pyridine rings is 2. The Hall–Kier alpha value is -2.70. The fraction of sp³-hybridized carbons (Fsp3) is 0.389. The van der Waals surface area contributed by atoms with Crippen molar-refractivity contribution in [3.05, 3.63) is 30.6 Å². The first-order valence-corrected chi connectivity index (χ1v) is 8.46. The van der Waals surface area contributed by atoms with Crippen LogP contribution in [0.2, 0.25) is 0 Å². The van der Waals surface area contributed by atoms with Crippen LogP contribution in [0.3, 0.4) is 0 Å². The fourth-order valence-corrected chi connectivity index (χ4v) is 3.09. The summed E-state index contributed by atoms with van der Waals surface area (Å²) in [7, 11) is 0. The van der Waals surface area contributed by atoms with Gasteiger partial charge in [-0.25, -0.2) is 14.4 Å². The van der Waals surface area contributed by atoms with Gasteiger partial charge >= 0.3 is 0 Å². The Bertz CT molecular complexity index is 894. The quantitative estimate of drug-likeness (QED) is 0.788. The molecule has 0 radical (unpaired) electrons. The van der Waals surface area contributed by atoms with Crippen molar-refractivity contribution in [3.8, 4) is 17.1 Å². The van der Waals surface area contributed by atoms with Crippen LogP contribution in [0, 0.1) is 0 Å². The summed E-state index contributed by atoms with van der Waals surface area (Å²) in [6.45, 7) is 5.01. The number of ether oxygens (including phenoxy) is 1. The third-order valence-electron chi connectivity index (χ3n) is 4.25. The Morgan fingerprint density at radius 3 is 2.96 bits per heavy atom. The first-order valence-electron chi connectivity index (χ1n) is 8.46. The van der Waals surface area contributed by atoms with Crippen molar-refractivity contribution < 1.29 is 9.13 Å². The number of nitrogens with zero attached hydrogens (tertiary/aromatic N) is 4. The van der Waals surface area contributed by atoms with Crippen LogP contribution >= 0.6 is 0 Å². The molecule has 0 saturated carbocycles. The molecule has 6 nitrogen and oxygen atoms in total. The van der Waals surface area contributed by atoms with Crippen molar-refractivity contribution in [3.63, 3.8) is 0 Å². The molecule has 1 saturated heterocycles. The molecule has 1 aliphatic rings. The molecule has 0 amide bonds. The molecule has 1 aliphatic heterocycles. The van der Waals surface area contributed by atoms with Gasteiger partial charge < -0.3 is 9.64 Å². The monoisotopic (exact) mass is 341 g/mol. The summed E-state index contributed by atoms with van der Waals surface area (Å²) in [6.07, 6.45) is 3.29. The maximum Gasteiger partial charge on any atom is 0.214 e. The maximum absolute atomic E-state index is 13.5. The predicted molar refractivity (Wildman–Crippen MR) is 94.6 cm³/mol. The van der Waals surface area contributed by atoms with Gasteiger partial charge in [-0.1, -0.05) is 0 Å². The lowest BCUT2D eigenvalue weighted by molar-refractivity contribution is 0.233. The third-order valence-corrected chi connectivity index (χ3v) is 4.25. The van der Waals surface area contributed by atoms with Gasteiger partial charge in [0.2, 0.25) is 5.88 Å². The Labute approximate surface area is 145 Å². The molecule has 0 aliphatic carbocycles. The molecule has 0 bridgehead atoms. The van der Waals surface area contributed by atoms with Gasteiger partial charge in [0.15, 0.2) is 0 Å². The molecule has 25 heavy (non-hydrogen) atoms. The number of halogens is 1. The van der Waals surface area contributed by atoms with Gasteiger partial charge in [0.25, 0.3) is 0 Å². The van der Waals surface area contributed by atoms with Crippen molar-refractivity contribution in [2.24, 2.45) is 0 Å². The lowest BCUT2D eigenvalue weighted by Gasteiger charge is -2.16. The topological polar surface area (TPSA) is 66.9 Å². The number of hydrogen-bond donors (Lipinski definition) is 1. The first kappa shape index (κ1) is 15.8. The molecule has 3 aromatic rings. The lowest BCUT2D eigenvalue weighted by atomic mass is 10.1. The molecule has 7 heteroatoms. The molecular formula is C18H20FN5O. The summed E-state index contributed by atoms with van der Waals surface area (Å²) in [5.41, 5.74) is 2.58. The van der Waals surface area contributed by atoms with E-state index < -0.39 is 6.17 Å². The molecule has 1 unspecified atom stereocenters. The van der Waals surface area contributed by atoms with Crippen LogP contribution in [0.25, 0.3) is 22.2 Å². The van der Waals surface area contributed by atoms with Crippen molar-refractivity contribution in [2.75, 3.05) is 18.0 Å². The number of alkyl halides is 1. The summed E-state index contributed by atoms with van der Waals surface area (Å²) in [6, 6.07) is 5.75. The number of anilines is 1. The number of hydrogen-bond acceptors (Lipinski definition) is 5. The smallest absolute Gasteiger partial charge is 0.214 e. The SMILES string of the molecule is CC(C)Oc1cc2c(-c3ccnc(N4CCC(F)C4)c3)n[nH]c2cn1. The van der Waals surface area contributed by atoms with Crippen LogP contribution < -0.4 is 9.64 Å². The van der Waals surface area contributed by atoms with E-state index in [4.69, 9.17) is 4.74 Å². The molecule has 0 aromatic carbocycles. The van der Waals surface area contributed by atoms with E-state index in [2.05, 4.69) is 20.2 Å². The molecule has 4 rings (SSSR count). The van der Waals surface area contributed by atoms with Crippen molar-refractivity contribution in [2.45, 2.75) is 32.5 Å². The second-order valence-electron chi connectivity index (χ2n) is 6.54. The van der Waals surface area contributed by atoms with E-state index in [0.717, 1.165) is 28.0 Å². The number of rotatable bonds is 4. The van der Waals surface area contributed by atoms with Crippen molar-refractivity contribution >= 4 is 16.7 Å². The van der Waals surface area contributed by atoms with Crippen LogP contribution in [-0.2, 0) is 0 Å². The van der Waals surface area contributed by atoms with Crippen molar-refractivity contribution in [1.29, 1.82) is 0 Å². The Morgan fingerprint density at radius 2 is 2.20 bits per heavy atom. The second-order valence-corrected chi connectivity index (χ2v) is 6.54. The van der Waals surface area contributed by atoms with E-state index in [0.29, 0.717) is 25.4 Å². The van der Waals surface area contributed by atoms with Gasteiger partial charge in [-0.05, 0) is 32.4 Å². The van der Waals surface area contributed by atoms with E-state index >= 15 is 0 Å². The molecule has 1 atom stereocenters. The second kappa shape index (κ2) is 6.31. The number of aromatic nitrogens is 4. The highest BCUT2D eigenvalue weighted by atomic mass is 19.1. The van der Waals surface area contributed by atoms with Gasteiger partial charge in [-0.15, -0.1) is 0 Å². The molecule has 1 N–H and O–H groups in total. The number of fused-ring (bicyclic) bond motifs is 1. The van der Waals surface area contributed by atoms with Gasteiger partial charge in [0.1, 0.15) is 17.7 Å². The van der Waals surface area contributed by atoms with Crippen LogP contribution in [-0.4, -0.2) is 45.5 Å². The summed E-state index contributed by atoms with van der Waals surface area (Å²) in [5, 5.41) is 8.37. The maximum atomic E-state index is 13.5. The Morgan fingerprint density at radius 1 is 1.32 bits per heavy atom. The summed E-state index contributed by atoms with van der Waals surface area (Å²) in [5.74, 6) is 1.35. The normalized spacial score (nSPS) is 17.6. The zero-order valence-corrected chi connectivity index (χ0v) is 14.2. The van der Waals surface area contributed by atoms with E-state index in [1.807, 2.05) is 36.9 Å². The van der Waals surface area contributed by atoms with Gasteiger partial charge in [0, 0.05) is 29.8 Å². The fourth-order valence-electron chi connectivity index (χ4n) is 3.09. The number of nitrogens with one attached hydrogen (secondary N) is 1. The lowest BCUT2D eigenvalue weighted by Crippen LogP contribution is -2.20. The standard InChI is InChI=1S/C18H20FN5O/c1-11(2)25-17-8-14-15(9-21-17)22-23-18(14)12-3-5-20-16(7-12)24-6-4-13(19)10-24/h3,5,7-9,11,13H,4,6,10H2,1-2H3,(H,22,23). The van der Waals surface area contributed by atoms with Crippen LogP contribution in [0.4, 0.5) is 10.2 Å². The minimum Gasteiger partial charge on any atom is -0.475 e. The van der Waals surface area contributed by atoms with Crippen LogP contribution in [0.15, 0.2) is 30.6 Å². The molecular weight excluding hydrogens is 321 g/mol. The van der Waals surface area contributed by atoms with Gasteiger partial charge in [-0.2, -0.15) is 5.10 Å². The number of H-pyrrole nitrogens is 1.